The van der Waals surface area contributed by atoms with E-state index in [0.717, 1.165) is 12.8 Å². The van der Waals surface area contributed by atoms with Crippen LogP contribution >= 0.6 is 11.6 Å². The van der Waals surface area contributed by atoms with Crippen molar-refractivity contribution in [1.82, 2.24) is 4.90 Å². The fourth-order valence-corrected chi connectivity index (χ4v) is 3.54. The van der Waals surface area contributed by atoms with Crippen LogP contribution in [0.5, 0.6) is 5.75 Å². The molecule has 1 aliphatic rings. The molecule has 0 atom stereocenters. The fourth-order valence-electron chi connectivity index (χ4n) is 2.79. The first-order valence-corrected chi connectivity index (χ1v) is 11.0. The van der Waals surface area contributed by atoms with E-state index in [4.69, 9.17) is 15.8 Å². The van der Waals surface area contributed by atoms with Crippen LogP contribution in [0.2, 0.25) is 5.02 Å². The van der Waals surface area contributed by atoms with Gasteiger partial charge in [0.25, 0.3) is 5.91 Å². The van der Waals surface area contributed by atoms with Crippen LogP contribution in [0.4, 0.5) is 4.39 Å². The van der Waals surface area contributed by atoms with Crippen molar-refractivity contribution in [3.05, 3.63) is 64.4 Å². The van der Waals surface area contributed by atoms with Crippen molar-refractivity contribution >= 4 is 27.6 Å². The summed E-state index contributed by atoms with van der Waals surface area (Å²) < 4.78 is 43.1. The summed E-state index contributed by atoms with van der Waals surface area (Å²) in [6.07, 6.45) is 2.01. The summed E-state index contributed by atoms with van der Waals surface area (Å²) in [7, 11) is -3.74. The lowest BCUT2D eigenvalue weighted by atomic mass is 10.1. The highest BCUT2D eigenvalue weighted by Crippen LogP contribution is 2.32. The maximum Gasteiger partial charge on any atom is 0.308 e. The van der Waals surface area contributed by atoms with Gasteiger partial charge < -0.3 is 9.08 Å². The minimum absolute atomic E-state index is 0.0196. The molecule has 0 radical (unpaired) electrons. The summed E-state index contributed by atoms with van der Waals surface area (Å²) in [4.78, 5) is 14.5. The zero-order valence-corrected chi connectivity index (χ0v) is 17.0. The summed E-state index contributed by atoms with van der Waals surface area (Å²) in [5.74, 6) is -0.750. The molecule has 150 valence electrons. The Morgan fingerprint density at radius 1 is 1.25 bits per heavy atom. The maximum absolute atomic E-state index is 14.1. The molecule has 0 spiro atoms. The van der Waals surface area contributed by atoms with Crippen LogP contribution in [0.1, 0.15) is 35.7 Å². The molecule has 1 amide bonds. The van der Waals surface area contributed by atoms with Crippen molar-refractivity contribution in [1.29, 1.82) is 0 Å². The van der Waals surface area contributed by atoms with E-state index in [9.17, 15) is 17.6 Å². The highest BCUT2D eigenvalue weighted by molar-refractivity contribution is 7.87. The first kappa shape index (κ1) is 20.6. The van der Waals surface area contributed by atoms with Gasteiger partial charge in [0, 0.05) is 23.7 Å². The Morgan fingerprint density at radius 2 is 1.96 bits per heavy atom. The molecule has 0 heterocycles. The molecular formula is C20H21ClFNO4S. The van der Waals surface area contributed by atoms with Gasteiger partial charge in [0.05, 0.1) is 11.3 Å². The molecule has 0 N–H and O–H groups in total. The van der Waals surface area contributed by atoms with E-state index in [2.05, 4.69) is 0 Å². The number of carbonyl (C=O) groups is 1. The second kappa shape index (κ2) is 8.49. The largest absolute Gasteiger partial charge is 0.382 e. The van der Waals surface area contributed by atoms with Crippen LogP contribution in [-0.4, -0.2) is 31.5 Å². The first-order chi connectivity index (χ1) is 13.3. The average molecular weight is 426 g/mol. The van der Waals surface area contributed by atoms with Gasteiger partial charge in [0.2, 0.25) is 0 Å². The topological polar surface area (TPSA) is 63.7 Å². The molecular weight excluding hydrogens is 405 g/mol. The van der Waals surface area contributed by atoms with Crippen molar-refractivity contribution in [3.63, 3.8) is 0 Å². The third-order valence-corrected chi connectivity index (χ3v) is 5.90. The molecule has 2 aromatic rings. The van der Waals surface area contributed by atoms with Crippen molar-refractivity contribution in [3.8, 4) is 5.75 Å². The molecule has 0 aromatic heterocycles. The average Bonchev–Trinajstić information content (AvgIpc) is 3.47. The molecule has 8 heteroatoms. The molecule has 1 saturated carbocycles. The summed E-state index contributed by atoms with van der Waals surface area (Å²) in [6.45, 7) is 2.00. The number of hydrogen-bond donors (Lipinski definition) is 0. The van der Waals surface area contributed by atoms with E-state index >= 15 is 0 Å². The molecule has 3 rings (SSSR count). The third kappa shape index (κ3) is 5.23. The fraction of sp³-hybridized carbons (Fsp3) is 0.350. The predicted octanol–water partition coefficient (Wildman–Crippen LogP) is 4.26. The normalized spacial score (nSPS) is 14.0. The van der Waals surface area contributed by atoms with E-state index in [1.165, 1.54) is 42.2 Å². The van der Waals surface area contributed by atoms with Crippen molar-refractivity contribution in [2.24, 2.45) is 5.92 Å². The van der Waals surface area contributed by atoms with Gasteiger partial charge in [-0.3, -0.25) is 4.79 Å². The SMILES string of the molecule is CCS(=O)(=O)Oc1ccc(Cl)cc1CN(CC1CC1)C(=O)c1ccccc1F. The Balaban J connectivity index is 1.92. The Bertz CT molecular complexity index is 976. The Hall–Kier alpha value is -2.12. The quantitative estimate of drug-likeness (QED) is 0.593. The van der Waals surface area contributed by atoms with Crippen LogP contribution in [0.25, 0.3) is 0 Å². The number of halogens is 2. The second-order valence-corrected chi connectivity index (χ2v) is 9.09. The number of carbonyl (C=O) groups excluding carboxylic acids is 1. The van der Waals surface area contributed by atoms with Crippen molar-refractivity contribution in [2.75, 3.05) is 12.3 Å². The second-order valence-electron chi connectivity index (χ2n) is 6.79. The first-order valence-electron chi connectivity index (χ1n) is 9.03. The molecule has 0 bridgehead atoms. The van der Waals surface area contributed by atoms with Crippen molar-refractivity contribution in [2.45, 2.75) is 26.3 Å². The van der Waals surface area contributed by atoms with Gasteiger partial charge in [-0.05, 0) is 56.0 Å². The Kier molecular flexibility index (Phi) is 6.25. The van der Waals surface area contributed by atoms with E-state index in [1.807, 2.05) is 0 Å². The van der Waals surface area contributed by atoms with Crippen molar-refractivity contribution < 1.29 is 21.8 Å². The smallest absolute Gasteiger partial charge is 0.308 e. The van der Waals surface area contributed by atoms with E-state index < -0.39 is 21.8 Å². The monoisotopic (exact) mass is 425 g/mol. The van der Waals surface area contributed by atoms with Crippen LogP contribution in [-0.2, 0) is 16.7 Å². The number of nitrogens with zero attached hydrogens (tertiary/aromatic N) is 1. The maximum atomic E-state index is 14.1. The van der Waals surface area contributed by atoms with Gasteiger partial charge in [-0.2, -0.15) is 8.42 Å². The van der Waals surface area contributed by atoms with Gasteiger partial charge in [-0.25, -0.2) is 4.39 Å². The summed E-state index contributed by atoms with van der Waals surface area (Å²) in [5, 5.41) is 0.390. The summed E-state index contributed by atoms with van der Waals surface area (Å²) >= 11 is 6.08. The lowest BCUT2D eigenvalue weighted by Crippen LogP contribution is -2.33. The van der Waals surface area contributed by atoms with E-state index in [0.29, 0.717) is 23.0 Å². The third-order valence-electron chi connectivity index (χ3n) is 4.52. The molecule has 1 aliphatic carbocycles. The van der Waals surface area contributed by atoms with Crippen LogP contribution in [0, 0.1) is 11.7 Å². The number of benzene rings is 2. The van der Waals surface area contributed by atoms with Crippen LogP contribution in [0.3, 0.4) is 0 Å². The van der Waals surface area contributed by atoms with Gasteiger partial charge in [-0.15, -0.1) is 0 Å². The molecule has 0 unspecified atom stereocenters. The minimum atomic E-state index is -3.74. The summed E-state index contributed by atoms with van der Waals surface area (Å²) in [5.41, 5.74) is 0.434. The Labute approximate surface area is 169 Å². The molecule has 0 saturated heterocycles. The predicted molar refractivity (Wildman–Crippen MR) is 105 cm³/mol. The minimum Gasteiger partial charge on any atom is -0.382 e. The van der Waals surface area contributed by atoms with Gasteiger partial charge in [0.1, 0.15) is 11.6 Å². The molecule has 1 fully saturated rings. The van der Waals surface area contributed by atoms with E-state index in [-0.39, 0.29) is 23.6 Å². The number of hydrogen-bond acceptors (Lipinski definition) is 4. The lowest BCUT2D eigenvalue weighted by molar-refractivity contribution is 0.0729. The summed E-state index contributed by atoms with van der Waals surface area (Å²) in [6, 6.07) is 10.4. The Morgan fingerprint density at radius 3 is 2.61 bits per heavy atom. The lowest BCUT2D eigenvalue weighted by Gasteiger charge is -2.24. The van der Waals surface area contributed by atoms with Gasteiger partial charge in [0.15, 0.2) is 0 Å². The molecule has 5 nitrogen and oxygen atoms in total. The molecule has 2 aromatic carbocycles. The zero-order chi connectivity index (χ0) is 20.3. The van der Waals surface area contributed by atoms with Gasteiger partial charge >= 0.3 is 10.1 Å². The number of amides is 1. The van der Waals surface area contributed by atoms with Gasteiger partial charge in [-0.1, -0.05) is 23.7 Å². The highest BCUT2D eigenvalue weighted by Gasteiger charge is 2.29. The molecule has 0 aliphatic heterocycles. The van der Waals surface area contributed by atoms with Crippen LogP contribution in [0.15, 0.2) is 42.5 Å². The standard InChI is InChI=1S/C20H21ClFNO4S/c1-2-28(25,26)27-19-10-9-16(21)11-15(19)13-23(12-14-7-8-14)20(24)17-5-3-4-6-18(17)22/h3-6,9-11,14H,2,7-8,12-13H2,1H3. The number of rotatable bonds is 8. The molecule has 28 heavy (non-hydrogen) atoms. The van der Waals surface area contributed by atoms with E-state index in [1.54, 1.807) is 12.1 Å². The van der Waals surface area contributed by atoms with Crippen LogP contribution < -0.4 is 4.18 Å². The zero-order valence-electron chi connectivity index (χ0n) is 15.4. The highest BCUT2D eigenvalue weighted by atomic mass is 35.5.